The van der Waals surface area contributed by atoms with Crippen molar-refractivity contribution in [2.75, 3.05) is 12.3 Å². The molecule has 10 heteroatoms. The van der Waals surface area contributed by atoms with E-state index in [0.717, 1.165) is 11.8 Å². The number of thioether (sulfide) groups is 1. The van der Waals surface area contributed by atoms with Gasteiger partial charge in [0.2, 0.25) is 5.91 Å². The summed E-state index contributed by atoms with van der Waals surface area (Å²) < 4.78 is 44.4. The molecule has 22 heavy (non-hydrogen) atoms. The van der Waals surface area contributed by atoms with Gasteiger partial charge in [-0.1, -0.05) is 11.8 Å². The number of hydrogen-bond donors (Lipinski definition) is 0. The zero-order valence-electron chi connectivity index (χ0n) is 11.6. The van der Waals surface area contributed by atoms with E-state index in [1.54, 1.807) is 17.7 Å². The maximum atomic E-state index is 12.6. The quantitative estimate of drug-likeness (QED) is 0.757. The first-order chi connectivity index (χ1) is 10.3. The molecule has 0 spiro atoms. The predicted molar refractivity (Wildman–Crippen MR) is 71.9 cm³/mol. The van der Waals surface area contributed by atoms with Crippen LogP contribution < -0.4 is 0 Å². The topological polar surface area (TPSA) is 64.2 Å². The van der Waals surface area contributed by atoms with Gasteiger partial charge in [-0.2, -0.15) is 13.2 Å². The summed E-state index contributed by atoms with van der Waals surface area (Å²) in [5.41, 5.74) is 0. The molecule has 0 saturated carbocycles. The van der Waals surface area contributed by atoms with Crippen molar-refractivity contribution in [3.05, 3.63) is 30.5 Å². The van der Waals surface area contributed by atoms with Crippen LogP contribution >= 0.6 is 11.8 Å². The second-order valence-corrected chi connectivity index (χ2v) is 5.40. The molecule has 0 bridgehead atoms. The molecule has 2 aromatic heterocycles. The zero-order valence-corrected chi connectivity index (χ0v) is 12.4. The maximum Gasteiger partial charge on any atom is 0.406 e. The van der Waals surface area contributed by atoms with E-state index in [2.05, 4.69) is 10.2 Å². The molecule has 6 nitrogen and oxygen atoms in total. The lowest BCUT2D eigenvalue weighted by molar-refractivity contribution is -0.161. The van der Waals surface area contributed by atoms with Crippen LogP contribution in [-0.2, 0) is 18.4 Å². The van der Waals surface area contributed by atoms with Crippen molar-refractivity contribution in [3.8, 4) is 0 Å². The number of hydrogen-bond acceptors (Lipinski definition) is 5. The van der Waals surface area contributed by atoms with Gasteiger partial charge in [-0.3, -0.25) is 4.79 Å². The summed E-state index contributed by atoms with van der Waals surface area (Å²) >= 11 is 1.03. The van der Waals surface area contributed by atoms with E-state index in [0.29, 0.717) is 15.8 Å². The normalized spacial score (nSPS) is 11.6. The van der Waals surface area contributed by atoms with E-state index in [-0.39, 0.29) is 12.3 Å². The Hall–Kier alpha value is -1.97. The molecule has 2 heterocycles. The van der Waals surface area contributed by atoms with Crippen LogP contribution in [0.5, 0.6) is 0 Å². The molecule has 0 atom stereocenters. The third kappa shape index (κ3) is 4.79. The molecular weight excluding hydrogens is 321 g/mol. The Bertz CT molecular complexity index is 612. The van der Waals surface area contributed by atoms with Crippen molar-refractivity contribution in [2.24, 2.45) is 7.05 Å². The largest absolute Gasteiger partial charge is 0.467 e. The highest BCUT2D eigenvalue weighted by molar-refractivity contribution is 7.99. The fourth-order valence-corrected chi connectivity index (χ4v) is 2.45. The molecule has 0 aliphatic heterocycles. The Morgan fingerprint density at radius 3 is 2.82 bits per heavy atom. The van der Waals surface area contributed by atoms with Crippen LogP contribution in [0.25, 0.3) is 0 Å². The Labute approximate surface area is 128 Å². The summed E-state index contributed by atoms with van der Waals surface area (Å²) in [4.78, 5) is 12.8. The molecule has 0 aromatic carbocycles. The number of halogens is 3. The van der Waals surface area contributed by atoms with Crippen LogP contribution in [0, 0.1) is 0 Å². The Morgan fingerprint density at radius 1 is 1.50 bits per heavy atom. The van der Waals surface area contributed by atoms with E-state index in [4.69, 9.17) is 4.42 Å². The van der Waals surface area contributed by atoms with Crippen molar-refractivity contribution >= 4 is 17.7 Å². The second kappa shape index (κ2) is 6.86. The molecule has 0 aliphatic carbocycles. The molecule has 0 unspecified atom stereocenters. The number of nitrogens with zero attached hydrogens (tertiary/aromatic N) is 4. The molecular formula is C12H13F3N4O2S. The van der Waals surface area contributed by atoms with Crippen LogP contribution in [0.2, 0.25) is 0 Å². The zero-order chi connectivity index (χ0) is 16.2. The van der Waals surface area contributed by atoms with Crippen LogP contribution in [-0.4, -0.2) is 44.0 Å². The van der Waals surface area contributed by atoms with Gasteiger partial charge in [-0.15, -0.1) is 10.2 Å². The minimum atomic E-state index is -4.47. The number of furan rings is 1. The smallest absolute Gasteiger partial charge is 0.406 e. The van der Waals surface area contributed by atoms with Gasteiger partial charge in [0.05, 0.1) is 18.6 Å². The van der Waals surface area contributed by atoms with Gasteiger partial charge in [0.1, 0.15) is 18.6 Å². The number of carbonyl (C=O) groups excluding carboxylic acids is 1. The number of amides is 1. The van der Waals surface area contributed by atoms with E-state index in [1.165, 1.54) is 18.7 Å². The molecule has 1 amide bonds. The van der Waals surface area contributed by atoms with Crippen molar-refractivity contribution in [1.82, 2.24) is 19.7 Å². The Morgan fingerprint density at radius 2 is 2.27 bits per heavy atom. The lowest BCUT2D eigenvalue weighted by Crippen LogP contribution is -2.39. The van der Waals surface area contributed by atoms with Gasteiger partial charge in [-0.25, -0.2) is 0 Å². The van der Waals surface area contributed by atoms with Crippen LogP contribution in [0.3, 0.4) is 0 Å². The van der Waals surface area contributed by atoms with Crippen LogP contribution in [0.4, 0.5) is 13.2 Å². The van der Waals surface area contributed by atoms with Gasteiger partial charge < -0.3 is 13.9 Å². The molecule has 2 rings (SSSR count). The molecule has 2 aromatic rings. The van der Waals surface area contributed by atoms with Crippen LogP contribution in [0.1, 0.15) is 5.76 Å². The third-order valence-electron chi connectivity index (χ3n) is 2.64. The summed E-state index contributed by atoms with van der Waals surface area (Å²) in [7, 11) is 1.68. The number of aromatic nitrogens is 3. The van der Waals surface area contributed by atoms with Crippen molar-refractivity contribution in [3.63, 3.8) is 0 Å². The van der Waals surface area contributed by atoms with Crippen molar-refractivity contribution in [2.45, 2.75) is 17.9 Å². The average molecular weight is 334 g/mol. The average Bonchev–Trinajstić information content (AvgIpc) is 3.05. The molecule has 0 radical (unpaired) electrons. The number of carbonyl (C=O) groups is 1. The molecule has 0 saturated heterocycles. The Balaban J connectivity index is 2.00. The fraction of sp³-hybridized carbons (Fsp3) is 0.417. The molecule has 0 N–H and O–H groups in total. The lowest BCUT2D eigenvalue weighted by atomic mass is 10.3. The molecule has 0 aliphatic rings. The number of aryl methyl sites for hydroxylation is 1. The van der Waals surface area contributed by atoms with E-state index in [9.17, 15) is 18.0 Å². The summed E-state index contributed by atoms with van der Waals surface area (Å²) in [5.74, 6) is -0.522. The van der Waals surface area contributed by atoms with E-state index < -0.39 is 18.6 Å². The fourth-order valence-electron chi connectivity index (χ4n) is 1.66. The first-order valence-electron chi connectivity index (χ1n) is 6.19. The van der Waals surface area contributed by atoms with Gasteiger partial charge in [0.15, 0.2) is 5.16 Å². The van der Waals surface area contributed by atoms with Gasteiger partial charge >= 0.3 is 6.18 Å². The van der Waals surface area contributed by atoms with E-state index >= 15 is 0 Å². The number of alkyl halides is 3. The monoisotopic (exact) mass is 334 g/mol. The van der Waals surface area contributed by atoms with Crippen molar-refractivity contribution < 1.29 is 22.4 Å². The predicted octanol–water partition coefficient (Wildman–Crippen LogP) is 2.09. The summed E-state index contributed by atoms with van der Waals surface area (Å²) in [5, 5.41) is 7.86. The van der Waals surface area contributed by atoms with Crippen LogP contribution in [0.15, 0.2) is 34.3 Å². The summed E-state index contributed by atoms with van der Waals surface area (Å²) in [6.45, 7) is -1.56. The minimum absolute atomic E-state index is 0.163. The van der Waals surface area contributed by atoms with Gasteiger partial charge in [0.25, 0.3) is 0 Å². The SMILES string of the molecule is Cn1cnnc1SCC(=O)N(Cc1ccco1)CC(F)(F)F. The molecule has 120 valence electrons. The minimum Gasteiger partial charge on any atom is -0.467 e. The standard InChI is InChI=1S/C12H13F3N4O2S/c1-18-8-16-17-11(18)22-6-10(20)19(7-12(13,14)15)5-9-3-2-4-21-9/h2-4,8H,5-7H2,1H3. The number of rotatable bonds is 6. The molecule has 0 fully saturated rings. The van der Waals surface area contributed by atoms with Crippen molar-refractivity contribution in [1.29, 1.82) is 0 Å². The Kier molecular flexibility index (Phi) is 5.11. The highest BCUT2D eigenvalue weighted by Gasteiger charge is 2.33. The lowest BCUT2D eigenvalue weighted by Gasteiger charge is -2.22. The van der Waals surface area contributed by atoms with E-state index in [1.807, 2.05) is 0 Å². The third-order valence-corrected chi connectivity index (χ3v) is 3.66. The maximum absolute atomic E-state index is 12.6. The van der Waals surface area contributed by atoms with Gasteiger partial charge in [-0.05, 0) is 12.1 Å². The first-order valence-corrected chi connectivity index (χ1v) is 7.17. The summed E-state index contributed by atoms with van der Waals surface area (Å²) in [6.07, 6.45) is -1.68. The second-order valence-electron chi connectivity index (χ2n) is 4.46. The first kappa shape index (κ1) is 16.4. The highest BCUT2D eigenvalue weighted by Crippen LogP contribution is 2.21. The van der Waals surface area contributed by atoms with Gasteiger partial charge in [0, 0.05) is 7.05 Å². The summed E-state index contributed by atoms with van der Waals surface area (Å²) in [6, 6.07) is 3.08. The highest BCUT2D eigenvalue weighted by atomic mass is 32.2.